The second kappa shape index (κ2) is 7.72. The molecule has 0 aliphatic carbocycles. The summed E-state index contributed by atoms with van der Waals surface area (Å²) in [5.74, 6) is 0.327. The summed E-state index contributed by atoms with van der Waals surface area (Å²) in [5, 5.41) is 9.49. The molecular weight excluding hydrogens is 258 g/mol. The van der Waals surface area contributed by atoms with Crippen LogP contribution in [0.25, 0.3) is 0 Å². The van der Waals surface area contributed by atoms with E-state index >= 15 is 0 Å². The van der Waals surface area contributed by atoms with Crippen LogP contribution in [-0.2, 0) is 0 Å². The molecule has 2 rings (SSSR count). The molecule has 112 valence electrons. The summed E-state index contributed by atoms with van der Waals surface area (Å²) in [5.41, 5.74) is 2.53. The van der Waals surface area contributed by atoms with Crippen molar-refractivity contribution in [2.75, 3.05) is 11.4 Å². The first-order chi connectivity index (χ1) is 10.3. The van der Waals surface area contributed by atoms with E-state index < -0.39 is 0 Å². The van der Waals surface area contributed by atoms with E-state index in [0.717, 1.165) is 13.0 Å². The number of benzene rings is 2. The Morgan fingerprint density at radius 1 is 0.952 bits per heavy atom. The van der Waals surface area contributed by atoms with Crippen molar-refractivity contribution >= 4 is 5.69 Å². The number of hydrogen-bond acceptors (Lipinski definition) is 2. The molecule has 0 saturated heterocycles. The van der Waals surface area contributed by atoms with Gasteiger partial charge in [0.1, 0.15) is 5.75 Å². The highest BCUT2D eigenvalue weighted by molar-refractivity contribution is 5.49. The molecule has 2 heteroatoms. The normalized spacial score (nSPS) is 12.1. The fourth-order valence-electron chi connectivity index (χ4n) is 2.75. The van der Waals surface area contributed by atoms with Crippen LogP contribution in [0.5, 0.6) is 5.75 Å². The number of hydrogen-bond donors (Lipinski definition) is 1. The van der Waals surface area contributed by atoms with Crippen LogP contribution in [-0.4, -0.2) is 11.7 Å². The first kappa shape index (κ1) is 15.4. The van der Waals surface area contributed by atoms with E-state index in [9.17, 15) is 5.11 Å². The Morgan fingerprint density at radius 3 is 2.19 bits per heavy atom. The first-order valence-electron chi connectivity index (χ1n) is 7.86. The molecule has 1 N–H and O–H groups in total. The van der Waals surface area contributed by atoms with E-state index in [0.29, 0.717) is 11.8 Å². The molecule has 0 heterocycles. The van der Waals surface area contributed by atoms with E-state index in [1.807, 2.05) is 12.1 Å². The van der Waals surface area contributed by atoms with Crippen molar-refractivity contribution in [3.05, 3.63) is 60.2 Å². The summed E-state index contributed by atoms with van der Waals surface area (Å²) in [4.78, 5) is 2.48. The van der Waals surface area contributed by atoms with E-state index in [-0.39, 0.29) is 0 Å². The standard InChI is InChI=1S/C19H25NO/c1-3-5-15-20(17-9-7-6-8-10-17)19(4-2)16-11-13-18(21)14-12-16/h6-14,19,21H,3-5,15H2,1-2H3. The summed E-state index contributed by atoms with van der Waals surface area (Å²) in [7, 11) is 0. The summed E-state index contributed by atoms with van der Waals surface area (Å²) >= 11 is 0. The van der Waals surface area contributed by atoms with Crippen LogP contribution in [0.4, 0.5) is 5.69 Å². The maximum absolute atomic E-state index is 9.49. The van der Waals surface area contributed by atoms with Crippen LogP contribution in [0.15, 0.2) is 54.6 Å². The quantitative estimate of drug-likeness (QED) is 0.759. The zero-order valence-corrected chi connectivity index (χ0v) is 13.0. The number of phenols is 1. The Balaban J connectivity index is 2.30. The van der Waals surface area contributed by atoms with Gasteiger partial charge < -0.3 is 10.0 Å². The van der Waals surface area contributed by atoms with E-state index in [1.54, 1.807) is 12.1 Å². The van der Waals surface area contributed by atoms with Crippen molar-refractivity contribution in [1.29, 1.82) is 0 Å². The van der Waals surface area contributed by atoms with Gasteiger partial charge in [-0.1, -0.05) is 50.6 Å². The number of phenolic OH excluding ortho intramolecular Hbond substituents is 1. The molecule has 0 aliphatic heterocycles. The molecule has 0 aliphatic rings. The van der Waals surface area contributed by atoms with Crippen LogP contribution >= 0.6 is 0 Å². The number of para-hydroxylation sites is 1. The Morgan fingerprint density at radius 2 is 1.62 bits per heavy atom. The van der Waals surface area contributed by atoms with E-state index in [4.69, 9.17) is 0 Å². The van der Waals surface area contributed by atoms with Crippen molar-refractivity contribution in [2.45, 2.75) is 39.2 Å². The minimum Gasteiger partial charge on any atom is -0.508 e. The Bertz CT molecular complexity index is 521. The Labute approximate surface area is 128 Å². The average molecular weight is 283 g/mol. The fourth-order valence-corrected chi connectivity index (χ4v) is 2.75. The lowest BCUT2D eigenvalue weighted by atomic mass is 10.0. The van der Waals surface area contributed by atoms with Gasteiger partial charge >= 0.3 is 0 Å². The number of nitrogens with zero attached hydrogens (tertiary/aromatic N) is 1. The maximum Gasteiger partial charge on any atom is 0.115 e. The zero-order valence-electron chi connectivity index (χ0n) is 13.0. The maximum atomic E-state index is 9.49. The third-order valence-electron chi connectivity index (χ3n) is 3.88. The minimum atomic E-state index is 0.327. The summed E-state index contributed by atoms with van der Waals surface area (Å²) in [6.07, 6.45) is 3.42. The molecular formula is C19H25NO. The van der Waals surface area contributed by atoms with E-state index in [2.05, 4.69) is 49.1 Å². The van der Waals surface area contributed by atoms with Gasteiger partial charge in [0.05, 0.1) is 6.04 Å². The highest BCUT2D eigenvalue weighted by atomic mass is 16.3. The Kier molecular flexibility index (Phi) is 5.68. The van der Waals surface area contributed by atoms with Gasteiger partial charge in [0.15, 0.2) is 0 Å². The molecule has 0 spiro atoms. The highest BCUT2D eigenvalue weighted by Gasteiger charge is 2.18. The van der Waals surface area contributed by atoms with Crippen LogP contribution in [0, 0.1) is 0 Å². The first-order valence-corrected chi connectivity index (χ1v) is 7.86. The fraction of sp³-hybridized carbons (Fsp3) is 0.368. The second-order valence-corrected chi connectivity index (χ2v) is 5.40. The van der Waals surface area contributed by atoms with Crippen LogP contribution in [0.1, 0.15) is 44.7 Å². The van der Waals surface area contributed by atoms with Crippen molar-refractivity contribution in [2.24, 2.45) is 0 Å². The predicted molar refractivity (Wildman–Crippen MR) is 89.8 cm³/mol. The van der Waals surface area contributed by atoms with E-state index in [1.165, 1.54) is 24.1 Å². The van der Waals surface area contributed by atoms with Gasteiger partial charge in [0.25, 0.3) is 0 Å². The third-order valence-corrected chi connectivity index (χ3v) is 3.88. The molecule has 0 radical (unpaired) electrons. The minimum absolute atomic E-state index is 0.327. The molecule has 0 fully saturated rings. The smallest absolute Gasteiger partial charge is 0.115 e. The lowest BCUT2D eigenvalue weighted by Gasteiger charge is -2.34. The molecule has 0 amide bonds. The molecule has 0 aromatic heterocycles. The van der Waals surface area contributed by atoms with Crippen LogP contribution in [0.2, 0.25) is 0 Å². The molecule has 21 heavy (non-hydrogen) atoms. The molecule has 1 unspecified atom stereocenters. The SMILES string of the molecule is CCCCN(c1ccccc1)C(CC)c1ccc(O)cc1. The van der Waals surface area contributed by atoms with Crippen LogP contribution < -0.4 is 4.90 Å². The molecule has 2 aromatic carbocycles. The van der Waals surface area contributed by atoms with Crippen molar-refractivity contribution in [1.82, 2.24) is 0 Å². The van der Waals surface area contributed by atoms with Gasteiger partial charge in [-0.05, 0) is 42.7 Å². The van der Waals surface area contributed by atoms with Gasteiger partial charge in [0.2, 0.25) is 0 Å². The molecule has 0 saturated carbocycles. The number of unbranched alkanes of at least 4 members (excludes halogenated alkanes) is 1. The highest BCUT2D eigenvalue weighted by Crippen LogP contribution is 2.30. The van der Waals surface area contributed by atoms with Gasteiger partial charge in [-0.2, -0.15) is 0 Å². The monoisotopic (exact) mass is 283 g/mol. The van der Waals surface area contributed by atoms with Gasteiger partial charge in [0, 0.05) is 12.2 Å². The topological polar surface area (TPSA) is 23.5 Å². The van der Waals surface area contributed by atoms with Crippen molar-refractivity contribution < 1.29 is 5.11 Å². The molecule has 2 aromatic rings. The molecule has 0 bridgehead atoms. The number of aromatic hydroxyl groups is 1. The molecule has 1 atom stereocenters. The van der Waals surface area contributed by atoms with Crippen molar-refractivity contribution in [3.63, 3.8) is 0 Å². The number of rotatable bonds is 7. The number of anilines is 1. The summed E-state index contributed by atoms with van der Waals surface area (Å²) in [6.45, 7) is 5.50. The van der Waals surface area contributed by atoms with Gasteiger partial charge in [-0.3, -0.25) is 0 Å². The third kappa shape index (κ3) is 4.01. The van der Waals surface area contributed by atoms with Gasteiger partial charge in [-0.15, -0.1) is 0 Å². The van der Waals surface area contributed by atoms with Gasteiger partial charge in [-0.25, -0.2) is 0 Å². The van der Waals surface area contributed by atoms with Crippen LogP contribution in [0.3, 0.4) is 0 Å². The largest absolute Gasteiger partial charge is 0.508 e. The predicted octanol–water partition coefficient (Wildman–Crippen LogP) is 5.15. The summed E-state index contributed by atoms with van der Waals surface area (Å²) in [6, 6.07) is 18.6. The zero-order chi connectivity index (χ0) is 15.1. The molecule has 2 nitrogen and oxygen atoms in total. The lowest BCUT2D eigenvalue weighted by molar-refractivity contribution is 0.474. The summed E-state index contributed by atoms with van der Waals surface area (Å²) < 4.78 is 0. The average Bonchev–Trinajstić information content (AvgIpc) is 2.53. The van der Waals surface area contributed by atoms with Crippen molar-refractivity contribution in [3.8, 4) is 5.75 Å². The second-order valence-electron chi connectivity index (χ2n) is 5.40. The lowest BCUT2D eigenvalue weighted by Crippen LogP contribution is -2.29. The Hall–Kier alpha value is -1.96.